The van der Waals surface area contributed by atoms with Crippen LogP contribution in [-0.4, -0.2) is 54.6 Å². The van der Waals surface area contributed by atoms with Crippen molar-refractivity contribution in [3.8, 4) is 0 Å². The number of anilines is 2. The summed E-state index contributed by atoms with van der Waals surface area (Å²) in [5.41, 5.74) is 2.43. The van der Waals surface area contributed by atoms with Crippen molar-refractivity contribution >= 4 is 28.2 Å². The minimum absolute atomic E-state index is 0.244. The van der Waals surface area contributed by atoms with Crippen molar-refractivity contribution < 1.29 is 4.79 Å². The summed E-state index contributed by atoms with van der Waals surface area (Å²) in [4.78, 5) is 25.1. The Morgan fingerprint density at radius 1 is 1.00 bits per heavy atom. The van der Waals surface area contributed by atoms with E-state index >= 15 is 0 Å². The zero-order valence-corrected chi connectivity index (χ0v) is 19.8. The van der Waals surface area contributed by atoms with Gasteiger partial charge in [-0.15, -0.1) is 0 Å². The SMILES string of the molecule is CC(C)CC(=O)N1c2ccccc2CCC1CN1CCN(c2nccc3ccccc23)CC1. The van der Waals surface area contributed by atoms with Gasteiger partial charge in [-0.1, -0.05) is 56.3 Å². The number of hydrogen-bond donors (Lipinski definition) is 0. The van der Waals surface area contributed by atoms with Crippen LogP contribution in [0, 0.1) is 5.92 Å². The van der Waals surface area contributed by atoms with Gasteiger partial charge < -0.3 is 9.80 Å². The highest BCUT2D eigenvalue weighted by Crippen LogP contribution is 2.32. The summed E-state index contributed by atoms with van der Waals surface area (Å²) in [6, 6.07) is 19.3. The first-order valence-corrected chi connectivity index (χ1v) is 12.3. The Morgan fingerprint density at radius 3 is 2.58 bits per heavy atom. The van der Waals surface area contributed by atoms with Gasteiger partial charge in [-0.3, -0.25) is 9.69 Å². The maximum atomic E-state index is 13.3. The van der Waals surface area contributed by atoms with E-state index in [0.717, 1.165) is 57.1 Å². The topological polar surface area (TPSA) is 39.7 Å². The molecule has 0 spiro atoms. The second-order valence-corrected chi connectivity index (χ2v) is 9.83. The van der Waals surface area contributed by atoms with E-state index in [1.54, 1.807) is 0 Å². The number of para-hydroxylation sites is 1. The van der Waals surface area contributed by atoms with Crippen molar-refractivity contribution in [2.45, 2.75) is 39.2 Å². The minimum Gasteiger partial charge on any atom is -0.354 e. The second-order valence-electron chi connectivity index (χ2n) is 9.83. The van der Waals surface area contributed by atoms with Crippen LogP contribution in [-0.2, 0) is 11.2 Å². The fourth-order valence-electron chi connectivity index (χ4n) is 5.36. The van der Waals surface area contributed by atoms with Crippen LogP contribution in [0.1, 0.15) is 32.3 Å². The number of benzene rings is 2. The smallest absolute Gasteiger partial charge is 0.227 e. The average Bonchev–Trinajstić information content (AvgIpc) is 2.83. The van der Waals surface area contributed by atoms with Gasteiger partial charge in [-0.05, 0) is 41.8 Å². The van der Waals surface area contributed by atoms with Crippen molar-refractivity contribution in [3.63, 3.8) is 0 Å². The van der Waals surface area contributed by atoms with Gasteiger partial charge in [-0.25, -0.2) is 4.98 Å². The van der Waals surface area contributed by atoms with Crippen LogP contribution in [0.3, 0.4) is 0 Å². The minimum atomic E-state index is 0.244. The summed E-state index contributed by atoms with van der Waals surface area (Å²) in [7, 11) is 0. The molecule has 1 aromatic heterocycles. The number of hydrogen-bond acceptors (Lipinski definition) is 4. The Morgan fingerprint density at radius 2 is 1.76 bits per heavy atom. The molecule has 1 fully saturated rings. The largest absolute Gasteiger partial charge is 0.354 e. The fraction of sp³-hybridized carbons (Fsp3) is 0.429. The third kappa shape index (κ3) is 4.60. The molecule has 0 N–H and O–H groups in total. The van der Waals surface area contributed by atoms with Crippen molar-refractivity contribution in [1.82, 2.24) is 9.88 Å². The summed E-state index contributed by atoms with van der Waals surface area (Å²) in [5, 5.41) is 2.47. The highest BCUT2D eigenvalue weighted by atomic mass is 16.2. The van der Waals surface area contributed by atoms with Gasteiger partial charge in [-0.2, -0.15) is 0 Å². The molecule has 3 heterocycles. The van der Waals surface area contributed by atoms with Gasteiger partial charge in [0.05, 0.1) is 0 Å². The lowest BCUT2D eigenvalue weighted by Gasteiger charge is -2.42. The molecule has 0 aliphatic carbocycles. The van der Waals surface area contributed by atoms with E-state index in [1.807, 2.05) is 6.20 Å². The van der Waals surface area contributed by atoms with Gasteiger partial charge in [0, 0.05) is 62.5 Å². The maximum absolute atomic E-state index is 13.3. The van der Waals surface area contributed by atoms with E-state index in [4.69, 9.17) is 4.98 Å². The molecule has 3 aromatic rings. The van der Waals surface area contributed by atoms with Crippen molar-refractivity contribution in [2.75, 3.05) is 42.5 Å². The molecule has 1 unspecified atom stereocenters. The molecule has 5 heteroatoms. The molecule has 5 nitrogen and oxygen atoms in total. The van der Waals surface area contributed by atoms with Crippen LogP contribution in [0.5, 0.6) is 0 Å². The number of amides is 1. The molecule has 172 valence electrons. The number of aryl methyl sites for hydroxylation is 1. The zero-order chi connectivity index (χ0) is 22.8. The molecule has 0 bridgehead atoms. The van der Waals surface area contributed by atoms with E-state index in [-0.39, 0.29) is 11.9 Å². The second kappa shape index (κ2) is 9.52. The van der Waals surface area contributed by atoms with Crippen molar-refractivity contribution in [3.05, 3.63) is 66.4 Å². The summed E-state index contributed by atoms with van der Waals surface area (Å²) >= 11 is 0. The van der Waals surface area contributed by atoms with Crippen LogP contribution >= 0.6 is 0 Å². The lowest BCUT2D eigenvalue weighted by Crippen LogP contribution is -2.54. The molecule has 1 saturated heterocycles. The third-order valence-corrected chi connectivity index (χ3v) is 7.01. The Balaban J connectivity index is 1.29. The number of piperazine rings is 1. The molecule has 2 aromatic carbocycles. The fourth-order valence-corrected chi connectivity index (χ4v) is 5.36. The number of pyridine rings is 1. The summed E-state index contributed by atoms with van der Waals surface area (Å²) < 4.78 is 0. The summed E-state index contributed by atoms with van der Waals surface area (Å²) in [6.45, 7) is 9.11. The lowest BCUT2D eigenvalue weighted by molar-refractivity contribution is -0.120. The standard InChI is InChI=1S/C28H34N4O/c1-21(2)19-27(33)32-24(12-11-23-8-4-6-10-26(23)32)20-30-15-17-31(18-16-30)28-25-9-5-3-7-22(25)13-14-29-28/h3-10,13-14,21,24H,11-12,15-20H2,1-2H3. The van der Waals surface area contributed by atoms with Crippen LogP contribution in [0.4, 0.5) is 11.5 Å². The molecular formula is C28H34N4O. The molecular weight excluding hydrogens is 408 g/mol. The number of carbonyl (C=O) groups excluding carboxylic acids is 1. The quantitative estimate of drug-likeness (QED) is 0.572. The molecule has 0 radical (unpaired) electrons. The molecule has 2 aliphatic heterocycles. The molecule has 0 saturated carbocycles. The zero-order valence-electron chi connectivity index (χ0n) is 19.8. The van der Waals surface area contributed by atoms with E-state index in [9.17, 15) is 4.79 Å². The van der Waals surface area contributed by atoms with Crippen LogP contribution < -0.4 is 9.80 Å². The summed E-state index contributed by atoms with van der Waals surface area (Å²) in [6.07, 6.45) is 4.60. The normalized spacial score (nSPS) is 19.2. The van der Waals surface area contributed by atoms with E-state index in [1.165, 1.54) is 16.3 Å². The van der Waals surface area contributed by atoms with Crippen LogP contribution in [0.15, 0.2) is 60.8 Å². The molecule has 33 heavy (non-hydrogen) atoms. The van der Waals surface area contributed by atoms with Crippen molar-refractivity contribution in [2.24, 2.45) is 5.92 Å². The first-order valence-electron chi connectivity index (χ1n) is 12.3. The highest BCUT2D eigenvalue weighted by Gasteiger charge is 2.33. The van der Waals surface area contributed by atoms with Gasteiger partial charge in [0.15, 0.2) is 0 Å². The van der Waals surface area contributed by atoms with Gasteiger partial charge in [0.25, 0.3) is 0 Å². The monoisotopic (exact) mass is 442 g/mol. The number of carbonyl (C=O) groups is 1. The Hall–Kier alpha value is -2.92. The Kier molecular flexibility index (Phi) is 6.32. The van der Waals surface area contributed by atoms with E-state index in [0.29, 0.717) is 12.3 Å². The Labute approximate surface area is 197 Å². The average molecular weight is 443 g/mol. The number of aromatic nitrogens is 1. The predicted molar refractivity (Wildman–Crippen MR) is 136 cm³/mol. The highest BCUT2D eigenvalue weighted by molar-refractivity contribution is 5.95. The maximum Gasteiger partial charge on any atom is 0.227 e. The number of fused-ring (bicyclic) bond motifs is 2. The predicted octanol–water partition coefficient (Wildman–Crippen LogP) is 4.75. The molecule has 5 rings (SSSR count). The lowest BCUT2D eigenvalue weighted by atomic mass is 9.94. The van der Waals surface area contributed by atoms with Crippen molar-refractivity contribution in [1.29, 1.82) is 0 Å². The van der Waals surface area contributed by atoms with Crippen LogP contribution in [0.2, 0.25) is 0 Å². The first-order chi connectivity index (χ1) is 16.1. The number of nitrogens with zero attached hydrogens (tertiary/aromatic N) is 4. The Bertz CT molecular complexity index is 1110. The van der Waals surface area contributed by atoms with E-state index in [2.05, 4.69) is 83.1 Å². The van der Waals surface area contributed by atoms with Gasteiger partial charge >= 0.3 is 0 Å². The first kappa shape index (κ1) is 21.9. The number of rotatable bonds is 5. The van der Waals surface area contributed by atoms with Crippen LogP contribution in [0.25, 0.3) is 10.8 Å². The van der Waals surface area contributed by atoms with Gasteiger partial charge in [0.1, 0.15) is 5.82 Å². The third-order valence-electron chi connectivity index (χ3n) is 7.01. The molecule has 1 amide bonds. The molecule has 1 atom stereocenters. The van der Waals surface area contributed by atoms with E-state index < -0.39 is 0 Å². The molecule has 2 aliphatic rings. The summed E-state index contributed by atoms with van der Waals surface area (Å²) in [5.74, 6) is 1.72. The van der Waals surface area contributed by atoms with Gasteiger partial charge in [0.2, 0.25) is 5.91 Å².